The molecular formula is C15H15ClFN3O2. The number of halogens is 2. The van der Waals surface area contributed by atoms with Crippen molar-refractivity contribution >= 4 is 34.3 Å². The van der Waals surface area contributed by atoms with Crippen LogP contribution in [0.25, 0.3) is 10.9 Å². The molecule has 1 fully saturated rings. The van der Waals surface area contributed by atoms with Crippen molar-refractivity contribution in [3.05, 3.63) is 35.5 Å². The second-order valence-corrected chi connectivity index (χ2v) is 5.88. The first-order chi connectivity index (χ1) is 10.5. The van der Waals surface area contributed by atoms with Gasteiger partial charge in [0.15, 0.2) is 0 Å². The molecule has 2 N–H and O–H groups in total. The molecule has 0 bridgehead atoms. The van der Waals surface area contributed by atoms with Crippen molar-refractivity contribution in [1.82, 2.24) is 9.47 Å². The summed E-state index contributed by atoms with van der Waals surface area (Å²) < 4.78 is 15.2. The number of nitrogens with zero attached hydrogens (tertiary/aromatic N) is 2. The number of likely N-dealkylation sites (tertiary alicyclic amines) is 1. The van der Waals surface area contributed by atoms with Crippen LogP contribution in [0.2, 0.25) is 5.02 Å². The lowest BCUT2D eigenvalue weighted by molar-refractivity contribution is -0.137. The highest BCUT2D eigenvalue weighted by atomic mass is 35.5. The van der Waals surface area contributed by atoms with Gasteiger partial charge in [-0.3, -0.25) is 9.59 Å². The topological polar surface area (TPSA) is 68.3 Å². The average molecular weight is 324 g/mol. The van der Waals surface area contributed by atoms with E-state index in [0.29, 0.717) is 5.02 Å². The van der Waals surface area contributed by atoms with Crippen molar-refractivity contribution in [2.75, 3.05) is 6.54 Å². The van der Waals surface area contributed by atoms with Gasteiger partial charge in [0.2, 0.25) is 11.8 Å². The van der Waals surface area contributed by atoms with Crippen LogP contribution in [0.4, 0.5) is 4.39 Å². The molecule has 2 aromatic rings. The second-order valence-electron chi connectivity index (χ2n) is 5.44. The van der Waals surface area contributed by atoms with Crippen LogP contribution in [0.5, 0.6) is 0 Å². The SMILES string of the molecule is NC(=O)[C@@H]1C[C@@H](F)CN1C(=O)Cn1ccc2ccc(Cl)cc21. The average Bonchev–Trinajstić information content (AvgIpc) is 3.03. The summed E-state index contributed by atoms with van der Waals surface area (Å²) in [5, 5.41) is 1.52. The maximum absolute atomic E-state index is 13.5. The largest absolute Gasteiger partial charge is 0.368 e. The number of benzene rings is 1. The maximum atomic E-state index is 13.5. The van der Waals surface area contributed by atoms with Gasteiger partial charge in [-0.15, -0.1) is 0 Å². The van der Waals surface area contributed by atoms with E-state index in [4.69, 9.17) is 17.3 Å². The maximum Gasteiger partial charge on any atom is 0.243 e. The van der Waals surface area contributed by atoms with E-state index in [2.05, 4.69) is 0 Å². The molecule has 0 radical (unpaired) electrons. The number of nitrogens with two attached hydrogens (primary N) is 1. The highest BCUT2D eigenvalue weighted by Gasteiger charge is 2.38. The fourth-order valence-corrected chi connectivity index (χ4v) is 3.03. The summed E-state index contributed by atoms with van der Waals surface area (Å²) in [4.78, 5) is 25.0. The van der Waals surface area contributed by atoms with Crippen molar-refractivity contribution in [3.8, 4) is 0 Å². The fraction of sp³-hybridized carbons (Fsp3) is 0.333. The van der Waals surface area contributed by atoms with Gasteiger partial charge in [0, 0.05) is 23.2 Å². The first-order valence-corrected chi connectivity index (χ1v) is 7.31. The van der Waals surface area contributed by atoms with Crippen LogP contribution in [-0.4, -0.2) is 40.0 Å². The molecule has 2 atom stereocenters. The van der Waals surface area contributed by atoms with E-state index in [1.54, 1.807) is 22.9 Å². The summed E-state index contributed by atoms with van der Waals surface area (Å²) in [6.07, 6.45) is 0.526. The number of hydrogen-bond acceptors (Lipinski definition) is 2. The zero-order chi connectivity index (χ0) is 15.9. The van der Waals surface area contributed by atoms with Gasteiger partial charge in [0.05, 0.1) is 6.54 Å². The Bertz CT molecular complexity index is 745. The molecule has 1 saturated heterocycles. The number of hydrogen-bond donors (Lipinski definition) is 1. The zero-order valence-electron chi connectivity index (χ0n) is 11.7. The summed E-state index contributed by atoms with van der Waals surface area (Å²) in [6, 6.07) is 6.39. The molecule has 2 heterocycles. The number of fused-ring (bicyclic) bond motifs is 1. The van der Waals surface area contributed by atoms with Crippen molar-refractivity contribution in [3.63, 3.8) is 0 Å². The van der Waals surface area contributed by atoms with Gasteiger partial charge < -0.3 is 15.2 Å². The number of amides is 2. The minimum Gasteiger partial charge on any atom is -0.368 e. The Morgan fingerprint density at radius 1 is 1.36 bits per heavy atom. The Labute approximate surface area is 131 Å². The molecule has 0 aliphatic carbocycles. The molecule has 3 rings (SSSR count). The lowest BCUT2D eigenvalue weighted by Gasteiger charge is -2.22. The number of alkyl halides is 1. The van der Waals surface area contributed by atoms with Crippen molar-refractivity contribution < 1.29 is 14.0 Å². The Morgan fingerprint density at radius 2 is 2.14 bits per heavy atom. The quantitative estimate of drug-likeness (QED) is 0.934. The Morgan fingerprint density at radius 3 is 2.86 bits per heavy atom. The predicted octanol–water partition coefficient (Wildman–Crippen LogP) is 1.72. The number of primary amides is 1. The van der Waals surface area contributed by atoms with E-state index in [1.807, 2.05) is 12.1 Å². The first-order valence-electron chi connectivity index (χ1n) is 6.93. The third-order valence-corrected chi connectivity index (χ3v) is 4.18. The van der Waals surface area contributed by atoms with Crippen LogP contribution in [0.15, 0.2) is 30.5 Å². The highest BCUT2D eigenvalue weighted by Crippen LogP contribution is 2.23. The van der Waals surface area contributed by atoms with E-state index in [9.17, 15) is 14.0 Å². The van der Waals surface area contributed by atoms with Crippen LogP contribution in [0.1, 0.15) is 6.42 Å². The normalized spacial score (nSPS) is 21.5. The molecule has 1 aliphatic heterocycles. The molecule has 1 aliphatic rings. The van der Waals surface area contributed by atoms with Crippen molar-refractivity contribution in [2.45, 2.75) is 25.2 Å². The minimum atomic E-state index is -1.21. The molecular weight excluding hydrogens is 309 g/mol. The minimum absolute atomic E-state index is 0.0142. The number of aromatic nitrogens is 1. The smallest absolute Gasteiger partial charge is 0.243 e. The van der Waals surface area contributed by atoms with Crippen LogP contribution >= 0.6 is 11.6 Å². The van der Waals surface area contributed by atoms with Gasteiger partial charge in [-0.25, -0.2) is 4.39 Å². The molecule has 0 saturated carbocycles. The van der Waals surface area contributed by atoms with E-state index in [-0.39, 0.29) is 25.4 Å². The Balaban J connectivity index is 1.84. The molecule has 1 aromatic carbocycles. The van der Waals surface area contributed by atoms with Crippen LogP contribution in [-0.2, 0) is 16.1 Å². The van der Waals surface area contributed by atoms with Crippen molar-refractivity contribution in [2.24, 2.45) is 5.73 Å². The van der Waals surface area contributed by atoms with Crippen LogP contribution in [0, 0.1) is 0 Å². The molecule has 2 amide bonds. The zero-order valence-corrected chi connectivity index (χ0v) is 12.5. The van der Waals surface area contributed by atoms with E-state index < -0.39 is 18.1 Å². The highest BCUT2D eigenvalue weighted by molar-refractivity contribution is 6.31. The summed E-state index contributed by atoms with van der Waals surface area (Å²) in [5.74, 6) is -1.00. The Kier molecular flexibility index (Phi) is 3.78. The van der Waals surface area contributed by atoms with E-state index in [1.165, 1.54) is 4.90 Å². The summed E-state index contributed by atoms with van der Waals surface area (Å²) in [5.41, 5.74) is 6.06. The van der Waals surface area contributed by atoms with Gasteiger partial charge in [-0.1, -0.05) is 17.7 Å². The van der Waals surface area contributed by atoms with E-state index >= 15 is 0 Å². The fourth-order valence-electron chi connectivity index (χ4n) is 2.86. The third-order valence-electron chi connectivity index (χ3n) is 3.94. The van der Waals surface area contributed by atoms with Gasteiger partial charge in [0.25, 0.3) is 0 Å². The summed E-state index contributed by atoms with van der Waals surface area (Å²) >= 11 is 5.98. The second kappa shape index (κ2) is 5.61. The van der Waals surface area contributed by atoms with Crippen LogP contribution in [0.3, 0.4) is 0 Å². The van der Waals surface area contributed by atoms with Gasteiger partial charge in [0.1, 0.15) is 18.8 Å². The summed E-state index contributed by atoms with van der Waals surface area (Å²) in [7, 11) is 0. The van der Waals surface area contributed by atoms with Gasteiger partial charge >= 0.3 is 0 Å². The molecule has 116 valence electrons. The first kappa shape index (κ1) is 14.8. The van der Waals surface area contributed by atoms with E-state index in [0.717, 1.165) is 10.9 Å². The number of carbonyl (C=O) groups is 2. The lowest BCUT2D eigenvalue weighted by Crippen LogP contribution is -2.44. The lowest BCUT2D eigenvalue weighted by atomic mass is 10.2. The number of rotatable bonds is 3. The van der Waals surface area contributed by atoms with Gasteiger partial charge in [-0.05, 0) is 23.6 Å². The van der Waals surface area contributed by atoms with Crippen LogP contribution < -0.4 is 5.73 Å². The van der Waals surface area contributed by atoms with Crippen molar-refractivity contribution in [1.29, 1.82) is 0 Å². The summed E-state index contributed by atoms with van der Waals surface area (Å²) in [6.45, 7) is -0.0766. The molecule has 0 spiro atoms. The molecule has 22 heavy (non-hydrogen) atoms. The third kappa shape index (κ3) is 2.66. The molecule has 1 aromatic heterocycles. The standard InChI is InChI=1S/C15H15ClFN3O2/c16-10-2-1-9-3-4-19(12(9)5-10)8-14(21)20-7-11(17)6-13(20)15(18)22/h1-5,11,13H,6-8H2,(H2,18,22)/t11-,13+/m1/s1. The molecule has 0 unspecified atom stereocenters. The predicted molar refractivity (Wildman–Crippen MR) is 81.2 cm³/mol. The number of carbonyl (C=O) groups excluding carboxylic acids is 2. The monoisotopic (exact) mass is 323 g/mol. The molecule has 5 nitrogen and oxygen atoms in total. The molecule has 7 heteroatoms. The Hall–Kier alpha value is -2.08. The van der Waals surface area contributed by atoms with Gasteiger partial charge in [-0.2, -0.15) is 0 Å².